The van der Waals surface area contributed by atoms with Crippen molar-refractivity contribution in [1.82, 2.24) is 25.1 Å². The average Bonchev–Trinajstić information content (AvgIpc) is 3.63. The number of amides is 2. The van der Waals surface area contributed by atoms with Crippen molar-refractivity contribution in [2.75, 3.05) is 19.6 Å². The zero-order valence-corrected chi connectivity index (χ0v) is 23.6. The van der Waals surface area contributed by atoms with Gasteiger partial charge in [0, 0.05) is 54.7 Å². The smallest absolute Gasteiger partial charge is 0.385 e. The third-order valence-electron chi connectivity index (χ3n) is 9.29. The molecule has 0 radical (unpaired) electrons. The minimum absolute atomic E-state index is 0.0477. The second-order valence-corrected chi connectivity index (χ2v) is 11.7. The number of aromatic nitrogens is 2. The van der Waals surface area contributed by atoms with Crippen LogP contribution in [0.3, 0.4) is 0 Å². The lowest BCUT2D eigenvalue weighted by Gasteiger charge is -2.41. The standard InChI is InChI=1S/C32H34F3N5O3/c33-32(34,35)24-4-1-3-22(19-24)30(42)38-20-28(41)40-18-12-26-27(40)11-17-39(26)25-9-13-31(43,14-10-25)23-7-5-21(6-8-23)29-36-15-2-16-37-29/h1-8,15-16,19,25-27,43H,9-14,17-18,20H2,(H,38,42). The van der Waals surface area contributed by atoms with Gasteiger partial charge in [-0.2, -0.15) is 13.2 Å². The first-order chi connectivity index (χ1) is 20.6. The summed E-state index contributed by atoms with van der Waals surface area (Å²) < 4.78 is 39.0. The molecular formula is C32H34F3N5O3. The molecule has 3 fully saturated rings. The van der Waals surface area contributed by atoms with Gasteiger partial charge in [0.2, 0.25) is 5.91 Å². The van der Waals surface area contributed by atoms with E-state index < -0.39 is 23.2 Å². The van der Waals surface area contributed by atoms with Crippen LogP contribution >= 0.6 is 0 Å². The van der Waals surface area contributed by atoms with Crippen LogP contribution in [0.1, 0.15) is 60.0 Å². The number of nitrogens with zero attached hydrogens (tertiary/aromatic N) is 4. The highest BCUT2D eigenvalue weighted by molar-refractivity contribution is 5.96. The van der Waals surface area contributed by atoms with Crippen molar-refractivity contribution in [3.8, 4) is 11.4 Å². The van der Waals surface area contributed by atoms with Crippen LogP contribution in [0.2, 0.25) is 0 Å². The molecule has 8 nitrogen and oxygen atoms in total. The van der Waals surface area contributed by atoms with Gasteiger partial charge in [-0.1, -0.05) is 30.3 Å². The lowest BCUT2D eigenvalue weighted by atomic mass is 9.77. The molecule has 2 aromatic carbocycles. The van der Waals surface area contributed by atoms with Crippen LogP contribution in [-0.4, -0.2) is 74.4 Å². The Balaban J connectivity index is 1.01. The number of benzene rings is 2. The average molecular weight is 594 g/mol. The Morgan fingerprint density at radius 2 is 1.63 bits per heavy atom. The predicted octanol–water partition coefficient (Wildman–Crippen LogP) is 4.40. The number of hydrogen-bond acceptors (Lipinski definition) is 6. The first kappa shape index (κ1) is 29.3. The number of fused-ring (bicyclic) bond motifs is 1. The first-order valence-electron chi connectivity index (χ1n) is 14.7. The summed E-state index contributed by atoms with van der Waals surface area (Å²) in [5.74, 6) is -0.284. The van der Waals surface area contributed by atoms with Crippen LogP contribution in [0.15, 0.2) is 67.0 Å². The maximum absolute atomic E-state index is 13.1. The van der Waals surface area contributed by atoms with E-state index in [0.29, 0.717) is 31.3 Å². The van der Waals surface area contributed by atoms with E-state index in [9.17, 15) is 27.9 Å². The molecule has 2 saturated heterocycles. The highest BCUT2D eigenvalue weighted by Gasteiger charge is 2.48. The molecule has 43 heavy (non-hydrogen) atoms. The van der Waals surface area contributed by atoms with Crippen LogP contribution < -0.4 is 5.32 Å². The van der Waals surface area contributed by atoms with E-state index >= 15 is 0 Å². The predicted molar refractivity (Wildman–Crippen MR) is 153 cm³/mol. The molecule has 0 bridgehead atoms. The minimum Gasteiger partial charge on any atom is -0.385 e. The van der Waals surface area contributed by atoms with E-state index in [1.165, 1.54) is 12.1 Å². The zero-order chi connectivity index (χ0) is 30.2. The topological polar surface area (TPSA) is 98.7 Å². The monoisotopic (exact) mass is 593 g/mol. The third-order valence-corrected chi connectivity index (χ3v) is 9.29. The van der Waals surface area contributed by atoms with Crippen molar-refractivity contribution in [3.63, 3.8) is 0 Å². The van der Waals surface area contributed by atoms with Gasteiger partial charge < -0.3 is 15.3 Å². The number of rotatable bonds is 6. The normalized spacial score (nSPS) is 25.9. The second kappa shape index (κ2) is 11.7. The first-order valence-corrected chi connectivity index (χ1v) is 14.7. The summed E-state index contributed by atoms with van der Waals surface area (Å²) in [5.41, 5.74) is -0.124. The van der Waals surface area contributed by atoms with Crippen LogP contribution in [-0.2, 0) is 16.6 Å². The van der Waals surface area contributed by atoms with Gasteiger partial charge in [-0.15, -0.1) is 0 Å². The van der Waals surface area contributed by atoms with Crippen molar-refractivity contribution in [3.05, 3.63) is 83.7 Å². The number of alkyl halides is 3. The molecule has 2 atom stereocenters. The van der Waals surface area contributed by atoms with Crippen LogP contribution in [0.4, 0.5) is 13.2 Å². The van der Waals surface area contributed by atoms with Gasteiger partial charge in [0.05, 0.1) is 17.7 Å². The van der Waals surface area contributed by atoms with E-state index in [0.717, 1.165) is 55.5 Å². The van der Waals surface area contributed by atoms with Gasteiger partial charge in [-0.05, 0) is 68.4 Å². The Labute approximate surface area is 247 Å². The number of aliphatic hydroxyl groups is 1. The van der Waals surface area contributed by atoms with Gasteiger partial charge >= 0.3 is 6.18 Å². The number of carbonyl (C=O) groups is 2. The fourth-order valence-corrected chi connectivity index (χ4v) is 7.06. The maximum Gasteiger partial charge on any atom is 0.416 e. The highest BCUT2D eigenvalue weighted by atomic mass is 19.4. The fraction of sp³-hybridized carbons (Fsp3) is 0.438. The van der Waals surface area contributed by atoms with Crippen molar-refractivity contribution >= 4 is 11.8 Å². The Bertz CT molecular complexity index is 1460. The molecule has 2 aliphatic heterocycles. The molecule has 11 heteroatoms. The number of nitrogens with one attached hydrogen (secondary N) is 1. The molecule has 1 aliphatic carbocycles. The van der Waals surface area contributed by atoms with E-state index in [2.05, 4.69) is 20.2 Å². The Hall–Kier alpha value is -3.83. The SMILES string of the molecule is O=C(NCC(=O)N1CCC2C1CCN2C1CCC(O)(c2ccc(-c3ncccn3)cc2)CC1)c1cccc(C(F)(F)F)c1. The number of likely N-dealkylation sites (tertiary alicyclic amines) is 2. The van der Waals surface area contributed by atoms with E-state index in [-0.39, 0.29) is 30.1 Å². The fourth-order valence-electron chi connectivity index (χ4n) is 7.06. The molecule has 3 aromatic rings. The van der Waals surface area contributed by atoms with Crippen LogP contribution in [0, 0.1) is 0 Å². The zero-order valence-electron chi connectivity index (χ0n) is 23.6. The molecule has 2 N–H and O–H groups in total. The van der Waals surface area contributed by atoms with Gasteiger partial charge in [-0.25, -0.2) is 9.97 Å². The van der Waals surface area contributed by atoms with Crippen molar-refractivity contribution in [2.24, 2.45) is 0 Å². The lowest BCUT2D eigenvalue weighted by Crippen LogP contribution is -2.47. The number of halogens is 3. The minimum atomic E-state index is -4.55. The van der Waals surface area contributed by atoms with E-state index in [4.69, 9.17) is 0 Å². The highest BCUT2D eigenvalue weighted by Crippen LogP contribution is 2.42. The van der Waals surface area contributed by atoms with E-state index in [1.54, 1.807) is 18.5 Å². The molecule has 1 saturated carbocycles. The largest absolute Gasteiger partial charge is 0.416 e. The summed E-state index contributed by atoms with van der Waals surface area (Å²) in [6.45, 7) is 1.19. The van der Waals surface area contributed by atoms with Gasteiger partial charge in [0.25, 0.3) is 5.91 Å². The summed E-state index contributed by atoms with van der Waals surface area (Å²) in [7, 11) is 0. The molecule has 226 valence electrons. The number of hydrogen-bond donors (Lipinski definition) is 2. The Morgan fingerprint density at radius 1 is 0.930 bits per heavy atom. The third kappa shape index (κ3) is 6.01. The molecular weight excluding hydrogens is 559 g/mol. The Morgan fingerprint density at radius 3 is 2.33 bits per heavy atom. The van der Waals surface area contributed by atoms with Gasteiger partial charge in [-0.3, -0.25) is 14.5 Å². The molecule has 3 heterocycles. The second-order valence-electron chi connectivity index (χ2n) is 11.7. The molecule has 6 rings (SSSR count). The van der Waals surface area contributed by atoms with Crippen LogP contribution in [0.25, 0.3) is 11.4 Å². The molecule has 2 unspecified atom stereocenters. The van der Waals surface area contributed by atoms with Gasteiger partial charge in [0.15, 0.2) is 5.82 Å². The summed E-state index contributed by atoms with van der Waals surface area (Å²) in [5, 5.41) is 14.0. The molecule has 0 spiro atoms. The van der Waals surface area contributed by atoms with Crippen LogP contribution in [0.5, 0.6) is 0 Å². The Kier molecular flexibility index (Phi) is 7.95. The quantitative estimate of drug-likeness (QED) is 0.440. The summed E-state index contributed by atoms with van der Waals surface area (Å²) >= 11 is 0. The lowest BCUT2D eigenvalue weighted by molar-refractivity contribution is -0.137. The number of carbonyl (C=O) groups excluding carboxylic acids is 2. The molecule has 1 aromatic heterocycles. The van der Waals surface area contributed by atoms with Gasteiger partial charge in [0.1, 0.15) is 0 Å². The van der Waals surface area contributed by atoms with Crippen molar-refractivity contribution in [1.29, 1.82) is 0 Å². The van der Waals surface area contributed by atoms with Crippen molar-refractivity contribution < 1.29 is 27.9 Å². The maximum atomic E-state index is 13.1. The molecule has 3 aliphatic rings. The summed E-state index contributed by atoms with van der Waals surface area (Å²) in [4.78, 5) is 38.4. The van der Waals surface area contributed by atoms with E-state index in [1.807, 2.05) is 29.2 Å². The van der Waals surface area contributed by atoms with Crippen molar-refractivity contribution in [2.45, 2.75) is 68.4 Å². The molecule has 2 amide bonds. The summed E-state index contributed by atoms with van der Waals surface area (Å²) in [6, 6.07) is 14.4. The summed E-state index contributed by atoms with van der Waals surface area (Å²) in [6.07, 6.45) is 3.53.